The van der Waals surface area contributed by atoms with Crippen molar-refractivity contribution in [3.8, 4) is 0 Å². The van der Waals surface area contributed by atoms with Gasteiger partial charge in [0.15, 0.2) is 0 Å². The van der Waals surface area contributed by atoms with Crippen molar-refractivity contribution in [2.24, 2.45) is 5.73 Å². The van der Waals surface area contributed by atoms with E-state index in [0.717, 1.165) is 0 Å². The lowest BCUT2D eigenvalue weighted by Gasteiger charge is -1.99. The van der Waals surface area contributed by atoms with Crippen LogP contribution in [0.5, 0.6) is 0 Å². The summed E-state index contributed by atoms with van der Waals surface area (Å²) in [6, 6.07) is -0.245. The lowest BCUT2D eigenvalue weighted by atomic mass is 10.4. The van der Waals surface area contributed by atoms with Gasteiger partial charge in [0.1, 0.15) is 9.84 Å². The summed E-state index contributed by atoms with van der Waals surface area (Å²) in [4.78, 5) is 0. The lowest BCUT2D eigenvalue weighted by Crippen LogP contribution is -2.25. The second-order valence-corrected chi connectivity index (χ2v) is 4.25. The minimum absolute atomic E-state index is 0.0764. The van der Waals surface area contributed by atoms with Crippen LogP contribution in [0.3, 0.4) is 0 Å². The molecule has 0 aromatic rings. The quantitative estimate of drug-likeness (QED) is 0.551. The fourth-order valence-corrected chi connectivity index (χ4v) is 1.43. The van der Waals surface area contributed by atoms with E-state index in [1.807, 2.05) is 0 Å². The molecule has 0 aromatic heterocycles. The van der Waals surface area contributed by atoms with Crippen LogP contribution in [0.15, 0.2) is 0 Å². The van der Waals surface area contributed by atoms with Gasteiger partial charge in [-0.15, -0.1) is 0 Å². The Morgan fingerprint density at radius 1 is 1.62 bits per heavy atom. The van der Waals surface area contributed by atoms with Gasteiger partial charge >= 0.3 is 0 Å². The molecule has 0 heterocycles. The molecule has 1 unspecified atom stereocenters. The van der Waals surface area contributed by atoms with Gasteiger partial charge in [0, 0.05) is 12.3 Å². The van der Waals surface area contributed by atoms with Crippen molar-refractivity contribution >= 4 is 9.84 Å². The molecule has 0 aliphatic carbocycles. The molecule has 0 bridgehead atoms. The van der Waals surface area contributed by atoms with E-state index in [2.05, 4.69) is 0 Å². The van der Waals surface area contributed by atoms with E-state index in [-0.39, 0.29) is 11.8 Å². The molecule has 2 N–H and O–H groups in total. The van der Waals surface area contributed by atoms with Crippen LogP contribution in [-0.4, -0.2) is 26.5 Å². The first-order chi connectivity index (χ1) is 3.42. The van der Waals surface area contributed by atoms with Gasteiger partial charge in [0.05, 0.1) is 5.75 Å². The van der Waals surface area contributed by atoms with E-state index < -0.39 is 9.84 Å². The van der Waals surface area contributed by atoms with E-state index >= 15 is 0 Å². The summed E-state index contributed by atoms with van der Waals surface area (Å²) in [7, 11) is -2.85. The Morgan fingerprint density at radius 2 is 2.00 bits per heavy atom. The summed E-state index contributed by atoms with van der Waals surface area (Å²) < 4.78 is 20.7. The molecule has 0 saturated carbocycles. The van der Waals surface area contributed by atoms with E-state index in [4.69, 9.17) is 5.73 Å². The Balaban J connectivity index is 3.75. The SMILES string of the molecule is CC(N)CS(C)(=O)=O. The molecule has 3 nitrogen and oxygen atoms in total. The first-order valence-corrected chi connectivity index (χ1v) is 4.41. The minimum atomic E-state index is -2.85. The Labute approximate surface area is 49.8 Å². The monoisotopic (exact) mass is 137 g/mol. The van der Waals surface area contributed by atoms with Crippen LogP contribution in [0, 0.1) is 0 Å². The summed E-state index contributed by atoms with van der Waals surface area (Å²) in [5.41, 5.74) is 5.20. The van der Waals surface area contributed by atoms with Crippen molar-refractivity contribution in [1.82, 2.24) is 0 Å². The fraction of sp³-hybridized carbons (Fsp3) is 1.00. The van der Waals surface area contributed by atoms with E-state index in [1.165, 1.54) is 6.26 Å². The highest BCUT2D eigenvalue weighted by molar-refractivity contribution is 7.90. The minimum Gasteiger partial charge on any atom is -0.327 e. The third kappa shape index (κ3) is 5.91. The van der Waals surface area contributed by atoms with Gasteiger partial charge in [-0.05, 0) is 6.92 Å². The van der Waals surface area contributed by atoms with E-state index in [1.54, 1.807) is 6.92 Å². The molecule has 50 valence electrons. The Morgan fingerprint density at radius 3 is 2.00 bits per heavy atom. The number of nitrogens with two attached hydrogens (primary N) is 1. The highest BCUT2D eigenvalue weighted by atomic mass is 32.2. The maximum Gasteiger partial charge on any atom is 0.148 e. The molecule has 0 aliphatic rings. The van der Waals surface area contributed by atoms with Gasteiger partial charge in [-0.25, -0.2) is 8.42 Å². The predicted molar refractivity (Wildman–Crippen MR) is 33.4 cm³/mol. The highest BCUT2D eigenvalue weighted by Crippen LogP contribution is 1.84. The van der Waals surface area contributed by atoms with Crippen LogP contribution in [0.25, 0.3) is 0 Å². The predicted octanol–water partition coefficient (Wildman–Crippen LogP) is -0.622. The lowest BCUT2D eigenvalue weighted by molar-refractivity contribution is 0.596. The Bertz CT molecular complexity index is 147. The van der Waals surface area contributed by atoms with Gasteiger partial charge < -0.3 is 5.73 Å². The maximum absolute atomic E-state index is 10.4. The summed E-state index contributed by atoms with van der Waals surface area (Å²) >= 11 is 0. The van der Waals surface area contributed by atoms with Crippen molar-refractivity contribution in [2.45, 2.75) is 13.0 Å². The standard InChI is InChI=1S/C4H11NO2S/c1-4(5)3-8(2,6)7/h4H,3,5H2,1-2H3. The molecule has 0 aromatic carbocycles. The molecule has 0 saturated heterocycles. The van der Waals surface area contributed by atoms with Gasteiger partial charge in [0.25, 0.3) is 0 Å². The Kier molecular flexibility index (Phi) is 2.43. The average Bonchev–Trinajstić information content (AvgIpc) is 1.21. The van der Waals surface area contributed by atoms with Crippen molar-refractivity contribution in [2.75, 3.05) is 12.0 Å². The summed E-state index contributed by atoms with van der Waals surface area (Å²) in [5.74, 6) is 0.0764. The normalized spacial score (nSPS) is 15.9. The fourth-order valence-electron chi connectivity index (χ4n) is 0.478. The molecular formula is C4H11NO2S. The molecule has 0 spiro atoms. The van der Waals surface area contributed by atoms with Crippen LogP contribution in [-0.2, 0) is 9.84 Å². The summed E-state index contributed by atoms with van der Waals surface area (Å²) in [6.07, 6.45) is 1.18. The van der Waals surface area contributed by atoms with Crippen molar-refractivity contribution in [1.29, 1.82) is 0 Å². The van der Waals surface area contributed by atoms with Gasteiger partial charge in [0.2, 0.25) is 0 Å². The van der Waals surface area contributed by atoms with E-state index in [0.29, 0.717) is 0 Å². The third-order valence-electron chi connectivity index (χ3n) is 0.566. The zero-order valence-electron chi connectivity index (χ0n) is 5.09. The topological polar surface area (TPSA) is 60.2 Å². The van der Waals surface area contributed by atoms with Crippen molar-refractivity contribution in [3.05, 3.63) is 0 Å². The van der Waals surface area contributed by atoms with Crippen molar-refractivity contribution in [3.63, 3.8) is 0 Å². The second-order valence-electron chi connectivity index (χ2n) is 2.07. The number of hydrogen-bond donors (Lipinski definition) is 1. The third-order valence-corrected chi connectivity index (χ3v) is 1.70. The highest BCUT2D eigenvalue weighted by Gasteiger charge is 2.03. The zero-order chi connectivity index (χ0) is 6.78. The molecule has 4 heteroatoms. The van der Waals surface area contributed by atoms with Crippen LogP contribution in [0.4, 0.5) is 0 Å². The summed E-state index contributed by atoms with van der Waals surface area (Å²) in [5, 5.41) is 0. The smallest absolute Gasteiger partial charge is 0.148 e. The average molecular weight is 137 g/mol. The first kappa shape index (κ1) is 7.91. The molecular weight excluding hydrogens is 126 g/mol. The van der Waals surface area contributed by atoms with Gasteiger partial charge in [-0.3, -0.25) is 0 Å². The first-order valence-electron chi connectivity index (χ1n) is 2.35. The van der Waals surface area contributed by atoms with Crippen LogP contribution in [0.2, 0.25) is 0 Å². The summed E-state index contributed by atoms with van der Waals surface area (Å²) in [6.45, 7) is 1.67. The maximum atomic E-state index is 10.4. The molecule has 8 heavy (non-hydrogen) atoms. The van der Waals surface area contributed by atoms with Crippen LogP contribution >= 0.6 is 0 Å². The molecule has 0 fully saturated rings. The van der Waals surface area contributed by atoms with E-state index in [9.17, 15) is 8.42 Å². The number of sulfone groups is 1. The van der Waals surface area contributed by atoms with Crippen LogP contribution < -0.4 is 5.73 Å². The largest absolute Gasteiger partial charge is 0.327 e. The van der Waals surface area contributed by atoms with Gasteiger partial charge in [-0.2, -0.15) is 0 Å². The Hall–Kier alpha value is -0.0900. The molecule has 0 amide bonds. The number of rotatable bonds is 2. The molecule has 0 radical (unpaired) electrons. The zero-order valence-corrected chi connectivity index (χ0v) is 5.90. The van der Waals surface area contributed by atoms with Gasteiger partial charge in [-0.1, -0.05) is 0 Å². The molecule has 0 rings (SSSR count). The number of hydrogen-bond acceptors (Lipinski definition) is 3. The second kappa shape index (κ2) is 2.46. The van der Waals surface area contributed by atoms with Crippen LogP contribution in [0.1, 0.15) is 6.92 Å². The molecule has 0 aliphatic heterocycles. The van der Waals surface area contributed by atoms with Crippen molar-refractivity contribution < 1.29 is 8.42 Å². The molecule has 1 atom stereocenters.